The molecule has 0 saturated heterocycles. The Labute approximate surface area is 101 Å². The van der Waals surface area contributed by atoms with Gasteiger partial charge in [-0.2, -0.15) is 0 Å². The van der Waals surface area contributed by atoms with Crippen molar-refractivity contribution < 1.29 is 17.9 Å². The molecule has 0 amide bonds. The Hall–Kier alpha value is -1.62. The first-order chi connectivity index (χ1) is 7.93. The van der Waals surface area contributed by atoms with E-state index in [4.69, 9.17) is 0 Å². The molecule has 4 nitrogen and oxygen atoms in total. The third-order valence-corrected chi connectivity index (χ3v) is 3.28. The number of hydrogen-bond donors (Lipinski definition) is 0. The van der Waals surface area contributed by atoms with Crippen molar-refractivity contribution in [3.8, 4) is 0 Å². The van der Waals surface area contributed by atoms with E-state index < -0.39 is 21.6 Å². The average Bonchev–Trinajstić information content (AvgIpc) is 2.28. The molecular weight excluding hydrogens is 240 g/mol. The summed E-state index contributed by atoms with van der Waals surface area (Å²) < 4.78 is 27.2. The van der Waals surface area contributed by atoms with Crippen molar-refractivity contribution in [3.05, 3.63) is 40.8 Å². The summed E-state index contributed by atoms with van der Waals surface area (Å²) in [5.74, 6) is -1.40. The van der Waals surface area contributed by atoms with Crippen molar-refractivity contribution in [1.82, 2.24) is 0 Å². The first-order valence-corrected chi connectivity index (χ1v) is 6.69. The van der Waals surface area contributed by atoms with Crippen LogP contribution in [-0.4, -0.2) is 27.2 Å². The number of ether oxygens (including phenoxy) is 1. The van der Waals surface area contributed by atoms with Gasteiger partial charge in [0.25, 0.3) is 0 Å². The van der Waals surface area contributed by atoms with Gasteiger partial charge in [-0.1, -0.05) is 29.8 Å². The van der Waals surface area contributed by atoms with Crippen LogP contribution in [0.1, 0.15) is 11.1 Å². The number of esters is 1. The highest BCUT2D eigenvalue weighted by Crippen LogP contribution is 2.06. The van der Waals surface area contributed by atoms with E-state index in [0.717, 1.165) is 23.6 Å². The van der Waals surface area contributed by atoms with Crippen molar-refractivity contribution >= 4 is 21.9 Å². The zero-order chi connectivity index (χ0) is 12.9. The van der Waals surface area contributed by atoms with Gasteiger partial charge in [0.1, 0.15) is 0 Å². The molecule has 0 radical (unpaired) electrons. The maximum absolute atomic E-state index is 11.5. The predicted octanol–water partition coefficient (Wildman–Crippen LogP) is 1.55. The van der Waals surface area contributed by atoms with Gasteiger partial charge in [0, 0.05) is 5.41 Å². The highest BCUT2D eigenvalue weighted by atomic mass is 32.2. The number of carbonyl (C=O) groups excluding carboxylic acids is 1. The Balaban J connectivity index is 2.76. The lowest BCUT2D eigenvalue weighted by Crippen LogP contribution is -2.14. The maximum Gasteiger partial charge on any atom is 0.321 e. The molecule has 0 fully saturated rings. The van der Waals surface area contributed by atoms with Gasteiger partial charge in [-0.15, -0.1) is 0 Å². The molecule has 0 aliphatic carbocycles. The molecule has 0 aliphatic heterocycles. The minimum Gasteiger partial charge on any atom is -0.468 e. The molecule has 0 spiro atoms. The molecule has 0 aromatic heterocycles. The Bertz CT molecular complexity index is 512. The molecule has 0 bridgehead atoms. The van der Waals surface area contributed by atoms with E-state index in [-0.39, 0.29) is 0 Å². The number of benzene rings is 1. The summed E-state index contributed by atoms with van der Waals surface area (Å²) in [5.41, 5.74) is 1.86. The summed E-state index contributed by atoms with van der Waals surface area (Å²) in [4.78, 5) is 10.8. The molecule has 0 heterocycles. The molecule has 1 aromatic rings. The average molecular weight is 254 g/mol. The highest BCUT2D eigenvalue weighted by molar-refractivity contribution is 7.95. The van der Waals surface area contributed by atoms with Crippen LogP contribution in [-0.2, 0) is 19.4 Å². The second-order valence-electron chi connectivity index (χ2n) is 3.60. The van der Waals surface area contributed by atoms with Crippen molar-refractivity contribution in [3.63, 3.8) is 0 Å². The first kappa shape index (κ1) is 13.4. The Morgan fingerprint density at radius 3 is 2.41 bits per heavy atom. The SMILES string of the molecule is COC(=O)CS(=O)(=O)/C=C/c1ccc(C)cc1. The normalized spacial score (nSPS) is 11.6. The smallest absolute Gasteiger partial charge is 0.321 e. The quantitative estimate of drug-likeness (QED) is 0.765. The summed E-state index contributed by atoms with van der Waals surface area (Å²) in [6.45, 7) is 1.95. The van der Waals surface area contributed by atoms with Gasteiger partial charge in [0.15, 0.2) is 15.6 Å². The lowest BCUT2D eigenvalue weighted by atomic mass is 10.2. The third-order valence-electron chi connectivity index (χ3n) is 2.09. The fourth-order valence-corrected chi connectivity index (χ4v) is 2.04. The topological polar surface area (TPSA) is 60.4 Å². The number of sulfone groups is 1. The molecule has 1 rings (SSSR count). The summed E-state index contributed by atoms with van der Waals surface area (Å²) in [6, 6.07) is 7.37. The minimum absolute atomic E-state index is 0.633. The number of carbonyl (C=O) groups is 1. The Morgan fingerprint density at radius 2 is 1.88 bits per heavy atom. The third kappa shape index (κ3) is 4.82. The van der Waals surface area contributed by atoms with E-state index in [0.29, 0.717) is 0 Å². The van der Waals surface area contributed by atoms with Crippen molar-refractivity contribution in [1.29, 1.82) is 0 Å². The molecule has 0 saturated carbocycles. The summed E-state index contributed by atoms with van der Waals surface area (Å²) in [6.07, 6.45) is 1.46. The summed E-state index contributed by atoms with van der Waals surface area (Å²) in [5, 5.41) is 1.02. The molecule has 0 aliphatic rings. The van der Waals surface area contributed by atoms with Gasteiger partial charge < -0.3 is 4.74 Å². The van der Waals surface area contributed by atoms with Gasteiger partial charge in [-0.25, -0.2) is 8.42 Å². The van der Waals surface area contributed by atoms with Crippen LogP contribution in [0.4, 0.5) is 0 Å². The molecular formula is C12H14O4S. The van der Waals surface area contributed by atoms with E-state index in [2.05, 4.69) is 4.74 Å². The molecule has 5 heteroatoms. The number of hydrogen-bond acceptors (Lipinski definition) is 4. The van der Waals surface area contributed by atoms with Crippen LogP contribution in [0.15, 0.2) is 29.7 Å². The number of rotatable bonds is 4. The maximum atomic E-state index is 11.5. The van der Waals surface area contributed by atoms with Gasteiger partial charge in [-0.3, -0.25) is 4.79 Å². The van der Waals surface area contributed by atoms with Crippen LogP contribution < -0.4 is 0 Å². The Morgan fingerprint density at radius 1 is 1.29 bits per heavy atom. The summed E-state index contributed by atoms with van der Waals surface area (Å²) in [7, 11) is -2.40. The van der Waals surface area contributed by atoms with Crippen LogP contribution >= 0.6 is 0 Å². The minimum atomic E-state index is -3.56. The molecule has 0 N–H and O–H groups in total. The van der Waals surface area contributed by atoms with E-state index in [1.165, 1.54) is 6.08 Å². The molecule has 92 valence electrons. The lowest BCUT2D eigenvalue weighted by molar-refractivity contribution is -0.137. The predicted molar refractivity (Wildman–Crippen MR) is 66.0 cm³/mol. The standard InChI is InChI=1S/C12H14O4S/c1-10-3-5-11(6-4-10)7-8-17(14,15)9-12(13)16-2/h3-8H,9H2,1-2H3/b8-7+. The zero-order valence-electron chi connectivity index (χ0n) is 9.71. The first-order valence-electron chi connectivity index (χ1n) is 4.97. The van der Waals surface area contributed by atoms with Crippen LogP contribution in [0.5, 0.6) is 0 Å². The zero-order valence-corrected chi connectivity index (χ0v) is 10.5. The van der Waals surface area contributed by atoms with Crippen molar-refractivity contribution in [2.24, 2.45) is 0 Å². The number of aryl methyl sites for hydroxylation is 1. The molecule has 0 atom stereocenters. The van der Waals surface area contributed by atoms with Crippen LogP contribution in [0.2, 0.25) is 0 Å². The second-order valence-corrected chi connectivity index (χ2v) is 5.48. The summed E-state index contributed by atoms with van der Waals surface area (Å²) >= 11 is 0. The fourth-order valence-electron chi connectivity index (χ4n) is 1.13. The highest BCUT2D eigenvalue weighted by Gasteiger charge is 2.13. The van der Waals surface area contributed by atoms with Gasteiger partial charge in [0.2, 0.25) is 0 Å². The van der Waals surface area contributed by atoms with Crippen LogP contribution in [0.25, 0.3) is 6.08 Å². The largest absolute Gasteiger partial charge is 0.468 e. The van der Waals surface area contributed by atoms with E-state index >= 15 is 0 Å². The molecule has 1 aromatic carbocycles. The number of methoxy groups -OCH3 is 1. The molecule has 0 unspecified atom stereocenters. The van der Waals surface area contributed by atoms with Crippen LogP contribution in [0, 0.1) is 6.92 Å². The van der Waals surface area contributed by atoms with Crippen molar-refractivity contribution in [2.75, 3.05) is 12.9 Å². The second kappa shape index (κ2) is 5.63. The van der Waals surface area contributed by atoms with Gasteiger partial charge >= 0.3 is 5.97 Å². The fraction of sp³-hybridized carbons (Fsp3) is 0.250. The monoisotopic (exact) mass is 254 g/mol. The van der Waals surface area contributed by atoms with E-state index in [9.17, 15) is 13.2 Å². The lowest BCUT2D eigenvalue weighted by Gasteiger charge is -1.98. The van der Waals surface area contributed by atoms with Gasteiger partial charge in [-0.05, 0) is 18.6 Å². The Kier molecular flexibility index (Phi) is 4.45. The van der Waals surface area contributed by atoms with Crippen molar-refractivity contribution in [2.45, 2.75) is 6.92 Å². The van der Waals surface area contributed by atoms with E-state index in [1.807, 2.05) is 19.1 Å². The van der Waals surface area contributed by atoms with Gasteiger partial charge in [0.05, 0.1) is 7.11 Å². The van der Waals surface area contributed by atoms with Crippen LogP contribution in [0.3, 0.4) is 0 Å². The van der Waals surface area contributed by atoms with E-state index in [1.54, 1.807) is 12.1 Å². The molecule has 17 heavy (non-hydrogen) atoms.